The average Bonchev–Trinajstić information content (AvgIpc) is 2.16. The van der Waals surface area contributed by atoms with E-state index in [9.17, 15) is 0 Å². The van der Waals surface area contributed by atoms with E-state index in [2.05, 4.69) is 29.1 Å². The second kappa shape index (κ2) is 5.51. The molecule has 0 aromatic carbocycles. The molecule has 1 heterocycles. The summed E-state index contributed by atoms with van der Waals surface area (Å²) < 4.78 is 0. The Morgan fingerprint density at radius 2 is 2.15 bits per heavy atom. The van der Waals surface area contributed by atoms with Crippen LogP contribution in [0.25, 0.3) is 0 Å². The molecule has 0 bridgehead atoms. The number of hydrogen-bond donors (Lipinski definition) is 1. The predicted octanol–water partition coefficient (Wildman–Crippen LogP) is 2.25. The summed E-state index contributed by atoms with van der Waals surface area (Å²) in [6.45, 7) is 5.16. The van der Waals surface area contributed by atoms with Gasteiger partial charge in [-0.3, -0.25) is 0 Å². The zero-order valence-corrected chi connectivity index (χ0v) is 8.38. The number of anilines is 1. The molecule has 0 fully saturated rings. The van der Waals surface area contributed by atoms with Crippen molar-refractivity contribution in [3.8, 4) is 0 Å². The van der Waals surface area contributed by atoms with Gasteiger partial charge in [0.1, 0.15) is 12.1 Å². The first kappa shape index (κ1) is 9.96. The summed E-state index contributed by atoms with van der Waals surface area (Å²) in [5.74, 6) is 0.934. The van der Waals surface area contributed by atoms with Gasteiger partial charge in [0.2, 0.25) is 0 Å². The highest BCUT2D eigenvalue weighted by molar-refractivity contribution is 5.34. The summed E-state index contributed by atoms with van der Waals surface area (Å²) in [4.78, 5) is 8.32. The summed E-state index contributed by atoms with van der Waals surface area (Å²) >= 11 is 0. The highest BCUT2D eigenvalue weighted by Crippen LogP contribution is 2.06. The van der Waals surface area contributed by atoms with Crippen LogP contribution in [-0.4, -0.2) is 16.5 Å². The Kier molecular flexibility index (Phi) is 4.23. The van der Waals surface area contributed by atoms with E-state index >= 15 is 0 Å². The molecule has 0 unspecified atom stereocenters. The summed E-state index contributed by atoms with van der Waals surface area (Å²) in [6, 6.07) is 2.03. The van der Waals surface area contributed by atoms with Gasteiger partial charge in [0.15, 0.2) is 0 Å². The van der Waals surface area contributed by atoms with Gasteiger partial charge in [-0.25, -0.2) is 9.97 Å². The second-order valence-corrected chi connectivity index (χ2v) is 3.03. The molecule has 0 aliphatic carbocycles. The van der Waals surface area contributed by atoms with Crippen LogP contribution < -0.4 is 5.32 Å². The summed E-state index contributed by atoms with van der Waals surface area (Å²) in [7, 11) is 0. The number of aromatic nitrogens is 2. The maximum Gasteiger partial charge on any atom is 0.129 e. The van der Waals surface area contributed by atoms with Crippen LogP contribution in [0.4, 0.5) is 5.82 Å². The van der Waals surface area contributed by atoms with Gasteiger partial charge in [0, 0.05) is 18.3 Å². The van der Waals surface area contributed by atoms with Gasteiger partial charge in [0.05, 0.1) is 0 Å². The fraction of sp³-hybridized carbons (Fsp3) is 0.600. The van der Waals surface area contributed by atoms with Crippen molar-refractivity contribution < 1.29 is 0 Å². The molecule has 0 spiro atoms. The number of hydrogen-bond acceptors (Lipinski definition) is 3. The quantitative estimate of drug-likeness (QED) is 0.753. The molecule has 0 saturated heterocycles. The second-order valence-electron chi connectivity index (χ2n) is 3.03. The largest absolute Gasteiger partial charge is 0.370 e. The number of aryl methyl sites for hydroxylation is 1. The Hall–Kier alpha value is -1.12. The van der Waals surface area contributed by atoms with Crippen molar-refractivity contribution in [1.82, 2.24) is 9.97 Å². The molecule has 13 heavy (non-hydrogen) atoms. The fourth-order valence-corrected chi connectivity index (χ4v) is 1.17. The molecular weight excluding hydrogens is 162 g/mol. The van der Waals surface area contributed by atoms with E-state index in [1.807, 2.05) is 6.07 Å². The van der Waals surface area contributed by atoms with Crippen molar-refractivity contribution in [3.63, 3.8) is 0 Å². The van der Waals surface area contributed by atoms with E-state index in [1.165, 1.54) is 12.8 Å². The Labute approximate surface area is 79.6 Å². The van der Waals surface area contributed by atoms with E-state index in [0.29, 0.717) is 0 Å². The Bertz CT molecular complexity index is 248. The normalized spacial score (nSPS) is 10.0. The molecule has 1 N–H and O–H groups in total. The summed E-state index contributed by atoms with van der Waals surface area (Å²) in [5, 5.41) is 3.17. The van der Waals surface area contributed by atoms with Crippen molar-refractivity contribution in [2.45, 2.75) is 33.1 Å². The highest BCUT2D eigenvalue weighted by Gasteiger charge is 1.96. The van der Waals surface area contributed by atoms with Crippen LogP contribution in [-0.2, 0) is 6.42 Å². The van der Waals surface area contributed by atoms with Crippen molar-refractivity contribution in [1.29, 1.82) is 0 Å². The average molecular weight is 179 g/mol. The molecule has 3 heteroatoms. The van der Waals surface area contributed by atoms with Crippen LogP contribution in [0.2, 0.25) is 0 Å². The van der Waals surface area contributed by atoms with Gasteiger partial charge in [-0.05, 0) is 19.8 Å². The first-order chi connectivity index (χ1) is 6.36. The first-order valence-electron chi connectivity index (χ1n) is 4.91. The Morgan fingerprint density at radius 1 is 1.31 bits per heavy atom. The minimum absolute atomic E-state index is 0.907. The molecule has 0 amide bonds. The maximum absolute atomic E-state index is 4.21. The third-order valence-electron chi connectivity index (χ3n) is 1.87. The molecule has 3 nitrogen and oxygen atoms in total. The highest BCUT2D eigenvalue weighted by atomic mass is 15.0. The lowest BCUT2D eigenvalue weighted by atomic mass is 10.2. The zero-order valence-electron chi connectivity index (χ0n) is 8.38. The van der Waals surface area contributed by atoms with E-state index in [4.69, 9.17) is 0 Å². The van der Waals surface area contributed by atoms with Gasteiger partial charge >= 0.3 is 0 Å². The molecular formula is C10H17N3. The van der Waals surface area contributed by atoms with Gasteiger partial charge < -0.3 is 5.32 Å². The van der Waals surface area contributed by atoms with Gasteiger partial charge in [-0.2, -0.15) is 0 Å². The van der Waals surface area contributed by atoms with E-state index in [1.54, 1.807) is 6.33 Å². The minimum Gasteiger partial charge on any atom is -0.370 e. The molecule has 0 aliphatic heterocycles. The topological polar surface area (TPSA) is 37.8 Å². The van der Waals surface area contributed by atoms with Crippen molar-refractivity contribution in [2.75, 3.05) is 11.9 Å². The summed E-state index contributed by atoms with van der Waals surface area (Å²) in [5.41, 5.74) is 1.13. The van der Waals surface area contributed by atoms with Crippen LogP contribution in [0, 0.1) is 0 Å². The van der Waals surface area contributed by atoms with E-state index < -0.39 is 0 Å². The third kappa shape index (κ3) is 3.40. The van der Waals surface area contributed by atoms with E-state index in [0.717, 1.165) is 24.5 Å². The van der Waals surface area contributed by atoms with Crippen LogP contribution in [0.15, 0.2) is 12.4 Å². The standard InChI is InChI=1S/C10H17N3/c1-3-5-6-9-7-10(11-4-2)13-8-12-9/h7-8H,3-6H2,1-2H3,(H,11,12,13). The Balaban J connectivity index is 2.56. The van der Waals surface area contributed by atoms with Crippen LogP contribution in [0.1, 0.15) is 32.4 Å². The molecule has 1 rings (SSSR count). The van der Waals surface area contributed by atoms with Gasteiger partial charge in [0.25, 0.3) is 0 Å². The van der Waals surface area contributed by atoms with Gasteiger partial charge in [-0.15, -0.1) is 0 Å². The van der Waals surface area contributed by atoms with Crippen LogP contribution in [0.5, 0.6) is 0 Å². The van der Waals surface area contributed by atoms with Crippen molar-refractivity contribution in [2.24, 2.45) is 0 Å². The SMILES string of the molecule is CCCCc1cc(NCC)ncn1. The minimum atomic E-state index is 0.907. The predicted molar refractivity (Wildman–Crippen MR) is 54.8 cm³/mol. The monoisotopic (exact) mass is 179 g/mol. The number of nitrogens with zero attached hydrogens (tertiary/aromatic N) is 2. The third-order valence-corrected chi connectivity index (χ3v) is 1.87. The van der Waals surface area contributed by atoms with Crippen molar-refractivity contribution >= 4 is 5.82 Å². The summed E-state index contributed by atoms with van der Waals surface area (Å²) in [6.07, 6.45) is 5.09. The first-order valence-corrected chi connectivity index (χ1v) is 4.91. The number of nitrogens with one attached hydrogen (secondary N) is 1. The Morgan fingerprint density at radius 3 is 2.85 bits per heavy atom. The maximum atomic E-state index is 4.21. The molecule has 0 aliphatic rings. The number of rotatable bonds is 5. The lowest BCUT2D eigenvalue weighted by Gasteiger charge is -2.03. The lowest BCUT2D eigenvalue weighted by molar-refractivity contribution is 0.773. The van der Waals surface area contributed by atoms with Crippen LogP contribution >= 0.6 is 0 Å². The molecule has 1 aromatic rings. The zero-order chi connectivity index (χ0) is 9.52. The molecule has 1 aromatic heterocycles. The molecule has 72 valence electrons. The van der Waals surface area contributed by atoms with Gasteiger partial charge in [-0.1, -0.05) is 13.3 Å². The van der Waals surface area contributed by atoms with Crippen LogP contribution in [0.3, 0.4) is 0 Å². The number of unbranched alkanes of at least 4 members (excludes halogenated alkanes) is 1. The fourth-order valence-electron chi connectivity index (χ4n) is 1.17. The van der Waals surface area contributed by atoms with E-state index in [-0.39, 0.29) is 0 Å². The lowest BCUT2D eigenvalue weighted by Crippen LogP contribution is -2.01. The van der Waals surface area contributed by atoms with Crippen molar-refractivity contribution in [3.05, 3.63) is 18.1 Å². The molecule has 0 radical (unpaired) electrons. The molecule has 0 atom stereocenters. The molecule has 0 saturated carbocycles. The smallest absolute Gasteiger partial charge is 0.129 e.